The summed E-state index contributed by atoms with van der Waals surface area (Å²) in [6, 6.07) is 9.99. The molecule has 6 nitrogen and oxygen atoms in total. The number of urea groups is 1. The van der Waals surface area contributed by atoms with E-state index in [1.807, 2.05) is 52.2 Å². The van der Waals surface area contributed by atoms with Crippen LogP contribution in [-0.2, 0) is 13.0 Å². The molecule has 3 aromatic heterocycles. The molecule has 0 atom stereocenters. The summed E-state index contributed by atoms with van der Waals surface area (Å²) < 4.78 is 1.96. The molecular weight excluding hydrogens is 326 g/mol. The average Bonchev–Trinajstić information content (AvgIpc) is 3.10. The number of likely N-dealkylation sites (tertiary alicyclic amines) is 1. The molecule has 26 heavy (non-hydrogen) atoms. The fraction of sp³-hybridized carbons (Fsp3) is 0.350. The highest BCUT2D eigenvalue weighted by Crippen LogP contribution is 2.21. The second-order valence-corrected chi connectivity index (χ2v) is 6.85. The lowest BCUT2D eigenvalue weighted by molar-refractivity contribution is 0.170. The van der Waals surface area contributed by atoms with Gasteiger partial charge in [-0.25, -0.2) is 9.78 Å². The van der Waals surface area contributed by atoms with Crippen LogP contribution in [0, 0.1) is 5.92 Å². The van der Waals surface area contributed by atoms with Crippen LogP contribution in [0.2, 0.25) is 0 Å². The van der Waals surface area contributed by atoms with Crippen LogP contribution in [0.4, 0.5) is 4.79 Å². The number of hydrogen-bond acceptors (Lipinski definition) is 3. The number of amides is 2. The Kier molecular flexibility index (Phi) is 4.82. The van der Waals surface area contributed by atoms with Gasteiger partial charge in [-0.05, 0) is 48.9 Å². The SMILES string of the molecule is O=C(NCc1cn2ccccc2n1)N1CCC(Cc2cccnc2)CC1. The molecule has 0 aliphatic carbocycles. The summed E-state index contributed by atoms with van der Waals surface area (Å²) in [7, 11) is 0. The van der Waals surface area contributed by atoms with Gasteiger partial charge in [0.1, 0.15) is 5.65 Å². The first-order chi connectivity index (χ1) is 12.8. The van der Waals surface area contributed by atoms with Crippen molar-refractivity contribution in [3.8, 4) is 0 Å². The fourth-order valence-corrected chi connectivity index (χ4v) is 3.54. The lowest BCUT2D eigenvalue weighted by Gasteiger charge is -2.32. The van der Waals surface area contributed by atoms with E-state index < -0.39 is 0 Å². The summed E-state index contributed by atoms with van der Waals surface area (Å²) in [5, 5.41) is 3.00. The molecular formula is C20H23N5O. The maximum Gasteiger partial charge on any atom is 0.317 e. The van der Waals surface area contributed by atoms with E-state index >= 15 is 0 Å². The van der Waals surface area contributed by atoms with Crippen molar-refractivity contribution in [2.45, 2.75) is 25.8 Å². The number of carbonyl (C=O) groups is 1. The smallest absolute Gasteiger partial charge is 0.317 e. The first kappa shape index (κ1) is 16.6. The summed E-state index contributed by atoms with van der Waals surface area (Å²) >= 11 is 0. The van der Waals surface area contributed by atoms with Gasteiger partial charge in [0.25, 0.3) is 0 Å². The Morgan fingerprint density at radius 2 is 2.08 bits per heavy atom. The number of hydrogen-bond donors (Lipinski definition) is 1. The average molecular weight is 349 g/mol. The third-order valence-electron chi connectivity index (χ3n) is 4.98. The fourth-order valence-electron chi connectivity index (χ4n) is 3.54. The van der Waals surface area contributed by atoms with Crippen LogP contribution in [0.5, 0.6) is 0 Å². The zero-order chi connectivity index (χ0) is 17.8. The van der Waals surface area contributed by atoms with Gasteiger partial charge in [-0.1, -0.05) is 12.1 Å². The van der Waals surface area contributed by atoms with Crippen molar-refractivity contribution in [3.05, 3.63) is 66.4 Å². The van der Waals surface area contributed by atoms with E-state index in [4.69, 9.17) is 0 Å². The summed E-state index contributed by atoms with van der Waals surface area (Å²) in [5.41, 5.74) is 3.05. The summed E-state index contributed by atoms with van der Waals surface area (Å²) in [4.78, 5) is 23.0. The van der Waals surface area contributed by atoms with Gasteiger partial charge in [-0.15, -0.1) is 0 Å². The van der Waals surface area contributed by atoms with Crippen LogP contribution in [0.3, 0.4) is 0 Å². The van der Waals surface area contributed by atoms with Gasteiger partial charge in [0, 0.05) is 37.9 Å². The van der Waals surface area contributed by atoms with Gasteiger partial charge in [0.15, 0.2) is 0 Å². The van der Waals surface area contributed by atoms with Gasteiger partial charge in [0.2, 0.25) is 0 Å². The Hall–Kier alpha value is -2.89. The third-order valence-corrected chi connectivity index (χ3v) is 4.98. The second kappa shape index (κ2) is 7.56. The number of rotatable bonds is 4. The number of piperidine rings is 1. The van der Waals surface area contributed by atoms with Crippen molar-refractivity contribution in [1.29, 1.82) is 0 Å². The molecule has 0 aromatic carbocycles. The normalized spacial score (nSPS) is 15.3. The molecule has 4 heterocycles. The maximum atomic E-state index is 12.4. The number of fused-ring (bicyclic) bond motifs is 1. The molecule has 0 spiro atoms. The summed E-state index contributed by atoms with van der Waals surface area (Å²) in [6.45, 7) is 2.07. The second-order valence-electron chi connectivity index (χ2n) is 6.85. The number of pyridine rings is 2. The quantitative estimate of drug-likeness (QED) is 0.788. The molecule has 0 saturated carbocycles. The highest BCUT2D eigenvalue weighted by Gasteiger charge is 2.23. The Morgan fingerprint density at radius 3 is 2.85 bits per heavy atom. The van der Waals surface area contributed by atoms with E-state index in [0.717, 1.165) is 43.7 Å². The van der Waals surface area contributed by atoms with Crippen molar-refractivity contribution in [3.63, 3.8) is 0 Å². The molecule has 0 radical (unpaired) electrons. The van der Waals surface area contributed by atoms with Crippen molar-refractivity contribution in [2.75, 3.05) is 13.1 Å². The molecule has 134 valence electrons. The number of nitrogens with one attached hydrogen (secondary N) is 1. The van der Waals surface area contributed by atoms with E-state index in [1.54, 1.807) is 6.20 Å². The minimum atomic E-state index is 0.00174. The van der Waals surface area contributed by atoms with E-state index in [0.29, 0.717) is 12.5 Å². The lowest BCUT2D eigenvalue weighted by atomic mass is 9.91. The van der Waals surface area contributed by atoms with Crippen LogP contribution in [-0.4, -0.2) is 38.4 Å². The molecule has 1 aliphatic rings. The molecule has 1 N–H and O–H groups in total. The maximum absolute atomic E-state index is 12.4. The minimum absolute atomic E-state index is 0.00174. The molecule has 0 unspecified atom stereocenters. The first-order valence-corrected chi connectivity index (χ1v) is 9.12. The van der Waals surface area contributed by atoms with Gasteiger partial charge < -0.3 is 14.6 Å². The number of imidazole rings is 1. The van der Waals surface area contributed by atoms with Crippen molar-refractivity contribution < 1.29 is 4.79 Å². The Morgan fingerprint density at radius 1 is 1.19 bits per heavy atom. The highest BCUT2D eigenvalue weighted by atomic mass is 16.2. The molecule has 3 aromatic rings. The molecule has 1 fully saturated rings. The number of carbonyl (C=O) groups excluding carboxylic acids is 1. The standard InChI is InChI=1S/C20H23N5O/c26-20(22-14-18-15-25-9-2-1-5-19(25)23-18)24-10-6-16(7-11-24)12-17-4-3-8-21-13-17/h1-5,8-9,13,15-16H,6-7,10-12,14H2,(H,22,26). The largest absolute Gasteiger partial charge is 0.332 e. The van der Waals surface area contributed by atoms with Crippen LogP contribution >= 0.6 is 0 Å². The molecule has 2 amide bonds. The Bertz CT molecular complexity index is 835. The minimum Gasteiger partial charge on any atom is -0.332 e. The third kappa shape index (κ3) is 3.85. The van der Waals surface area contributed by atoms with Gasteiger partial charge in [0.05, 0.1) is 12.2 Å². The number of aromatic nitrogens is 3. The first-order valence-electron chi connectivity index (χ1n) is 9.12. The van der Waals surface area contributed by atoms with Crippen molar-refractivity contribution in [2.24, 2.45) is 5.92 Å². The van der Waals surface area contributed by atoms with Gasteiger partial charge in [-0.3, -0.25) is 4.98 Å². The van der Waals surface area contributed by atoms with E-state index in [-0.39, 0.29) is 6.03 Å². The molecule has 1 aliphatic heterocycles. The summed E-state index contributed by atoms with van der Waals surface area (Å²) in [6.07, 6.45) is 10.8. The Labute approximate surface area is 152 Å². The van der Waals surface area contributed by atoms with Gasteiger partial charge in [-0.2, -0.15) is 0 Å². The van der Waals surface area contributed by atoms with E-state index in [2.05, 4.69) is 21.4 Å². The van der Waals surface area contributed by atoms with Crippen LogP contribution in [0.15, 0.2) is 55.1 Å². The van der Waals surface area contributed by atoms with E-state index in [9.17, 15) is 4.79 Å². The number of nitrogens with zero attached hydrogens (tertiary/aromatic N) is 4. The lowest BCUT2D eigenvalue weighted by Crippen LogP contribution is -2.44. The van der Waals surface area contributed by atoms with Crippen LogP contribution in [0.1, 0.15) is 24.1 Å². The predicted molar refractivity (Wildman–Crippen MR) is 99.7 cm³/mol. The van der Waals surface area contributed by atoms with Gasteiger partial charge >= 0.3 is 6.03 Å². The molecule has 1 saturated heterocycles. The van der Waals surface area contributed by atoms with Crippen molar-refractivity contribution >= 4 is 11.7 Å². The topological polar surface area (TPSA) is 62.5 Å². The van der Waals surface area contributed by atoms with Crippen LogP contribution in [0.25, 0.3) is 5.65 Å². The molecule has 4 rings (SSSR count). The molecule has 6 heteroatoms. The van der Waals surface area contributed by atoms with Crippen molar-refractivity contribution in [1.82, 2.24) is 24.6 Å². The van der Waals surface area contributed by atoms with E-state index in [1.165, 1.54) is 5.56 Å². The monoisotopic (exact) mass is 349 g/mol. The predicted octanol–water partition coefficient (Wildman–Crippen LogP) is 2.89. The Balaban J connectivity index is 1.25. The van der Waals surface area contributed by atoms with Crippen LogP contribution < -0.4 is 5.32 Å². The zero-order valence-electron chi connectivity index (χ0n) is 14.7. The zero-order valence-corrected chi connectivity index (χ0v) is 14.7. The highest BCUT2D eigenvalue weighted by molar-refractivity contribution is 5.74. The molecule has 0 bridgehead atoms. The summed E-state index contributed by atoms with van der Waals surface area (Å²) in [5.74, 6) is 0.627.